The van der Waals surface area contributed by atoms with E-state index in [0.29, 0.717) is 91.3 Å². The summed E-state index contributed by atoms with van der Waals surface area (Å²) in [5.41, 5.74) is 12.1. The number of carbonyl (C=O) groups excluding carboxylic acids is 15. The summed E-state index contributed by atoms with van der Waals surface area (Å²) < 4.78 is 30.6. The minimum absolute atomic E-state index is 0.00756. The Morgan fingerprint density at radius 2 is 0.709 bits per heavy atom. The Kier molecular flexibility index (Phi) is 25.6. The summed E-state index contributed by atoms with van der Waals surface area (Å²) in [6.45, 7) is 2.70. The van der Waals surface area contributed by atoms with E-state index >= 15 is 0 Å². The number of nitrogens with two attached hydrogens (primary N) is 3. The minimum atomic E-state index is -1.44. The predicted octanol–water partition coefficient (Wildman–Crippen LogP) is 1.84. The standard InChI is InChI=1S/C25H20N4O5.C24H18N6O6.2C22H19N5O5/c1-15-26-22(28-34-15)17-5-3-16(4-6-17)9-10-25(12-21(30)27-24(25)32)14-29-13-18-7-8-19(33-2)11-20(18)23(29)31;1-35-16-3-2-14-11-30(22(33)17(14)7-16)12-24(8-18(31)27-23(24)34)5-4-13-6-15(10-26-9-13)20-28-21(19(25)32)36-29-20;2*1-32-16-3-2-14-11-27(20(30)17(14)7-16)12-22(8-18(28)25-21(22)31)5-4-13-6-15(10-24-9-13)19(29)26-23/h3-8,11H,12-14H2,1-2H3,(H,27,30,32);2-3,6-7,9-10H,8,11-12H2,1H3,(H2,25,32)(H,27,31,34);2*2-3,6-7,9-10H,8,11-12,23H2,1H3,(H,26,29)(H,25,28,31)/t25-;24-;2*22-/m1110/s1. The highest BCUT2D eigenvalue weighted by Gasteiger charge is 2.53. The van der Waals surface area contributed by atoms with Crippen LogP contribution in [0.15, 0.2) is 161 Å². The van der Waals surface area contributed by atoms with E-state index < -0.39 is 86.6 Å². The molecule has 674 valence electrons. The van der Waals surface area contributed by atoms with Crippen molar-refractivity contribution in [1.29, 1.82) is 0 Å². The normalized spacial score (nSPS) is 18.9. The highest BCUT2D eigenvalue weighted by atomic mass is 16.5. The van der Waals surface area contributed by atoms with Crippen molar-refractivity contribution in [3.05, 3.63) is 242 Å². The molecule has 41 heteroatoms. The van der Waals surface area contributed by atoms with Gasteiger partial charge in [-0.25, -0.2) is 11.7 Å². The van der Waals surface area contributed by atoms with Gasteiger partial charge in [-0.1, -0.05) is 81.9 Å². The van der Waals surface area contributed by atoms with Crippen LogP contribution in [0.2, 0.25) is 0 Å². The molecule has 4 fully saturated rings. The van der Waals surface area contributed by atoms with Gasteiger partial charge >= 0.3 is 11.8 Å². The number of hydrogen-bond acceptors (Lipinski definition) is 30. The molecule has 12 N–H and O–H groups in total. The zero-order valence-electron chi connectivity index (χ0n) is 71.6. The van der Waals surface area contributed by atoms with Crippen LogP contribution >= 0.6 is 0 Å². The molecule has 18 rings (SSSR count). The molecular weight excluding hydrogens is 1730 g/mol. The van der Waals surface area contributed by atoms with Gasteiger partial charge in [-0.05, 0) is 113 Å². The predicted molar refractivity (Wildman–Crippen MR) is 462 cm³/mol. The number of hydrogen-bond donors (Lipinski definition) is 9. The maximum Gasteiger partial charge on any atom is 0.316 e. The first-order chi connectivity index (χ1) is 64.3. The molecule has 0 aliphatic carbocycles. The maximum atomic E-state index is 13.0. The fourth-order valence-corrected chi connectivity index (χ4v) is 15.7. The van der Waals surface area contributed by atoms with E-state index in [1.165, 1.54) is 92.5 Å². The van der Waals surface area contributed by atoms with E-state index in [9.17, 15) is 71.9 Å². The number of nitrogen functional groups attached to an aromatic ring is 2. The Bertz CT molecular complexity index is 6750. The van der Waals surface area contributed by atoms with Crippen LogP contribution in [0.5, 0.6) is 23.0 Å². The van der Waals surface area contributed by atoms with Gasteiger partial charge in [-0.15, -0.1) is 0 Å². The number of methoxy groups -OCH3 is 4. The molecule has 8 aliphatic heterocycles. The van der Waals surface area contributed by atoms with Gasteiger partial charge in [-0.3, -0.25) is 119 Å². The molecule has 134 heavy (non-hydrogen) atoms. The summed E-state index contributed by atoms with van der Waals surface area (Å²) >= 11 is 0. The van der Waals surface area contributed by atoms with Crippen molar-refractivity contribution >= 4 is 88.6 Å². The second-order valence-corrected chi connectivity index (χ2v) is 31.6. The van der Waals surface area contributed by atoms with Crippen LogP contribution in [0.1, 0.15) is 149 Å². The number of nitrogens with zero attached hydrogens (tertiary/aromatic N) is 11. The van der Waals surface area contributed by atoms with Crippen LogP contribution in [-0.4, -0.2) is 198 Å². The van der Waals surface area contributed by atoms with Crippen molar-refractivity contribution < 1.29 is 99.9 Å². The van der Waals surface area contributed by atoms with Gasteiger partial charge in [0.05, 0.1) is 65.2 Å². The number of aryl methyl sites for hydroxylation is 1. The van der Waals surface area contributed by atoms with E-state index in [2.05, 4.69) is 104 Å². The number of ether oxygens (including phenoxy) is 4. The largest absolute Gasteiger partial charge is 0.497 e. The lowest BCUT2D eigenvalue weighted by molar-refractivity contribution is -0.128. The molecule has 5 aromatic heterocycles. The molecule has 5 aromatic carbocycles. The number of rotatable bonds is 17. The Morgan fingerprint density at radius 3 is 1.00 bits per heavy atom. The number of aromatic nitrogens is 7. The first-order valence-electron chi connectivity index (χ1n) is 40.6. The van der Waals surface area contributed by atoms with E-state index in [1.54, 1.807) is 109 Å². The molecule has 0 radical (unpaired) electrons. The number of amides is 15. The van der Waals surface area contributed by atoms with Crippen LogP contribution in [0.25, 0.3) is 22.8 Å². The molecule has 8 aliphatic rings. The van der Waals surface area contributed by atoms with E-state index in [4.69, 9.17) is 45.4 Å². The van der Waals surface area contributed by atoms with Crippen molar-refractivity contribution in [3.8, 4) is 93.1 Å². The minimum Gasteiger partial charge on any atom is -0.497 e. The van der Waals surface area contributed by atoms with Crippen LogP contribution in [-0.2, 0) is 64.5 Å². The van der Waals surface area contributed by atoms with Gasteiger partial charge in [0, 0.05) is 152 Å². The maximum absolute atomic E-state index is 13.0. The third-order valence-electron chi connectivity index (χ3n) is 22.6. The Balaban J connectivity index is 0.000000136. The summed E-state index contributed by atoms with van der Waals surface area (Å²) in [6, 6.07) is 32.6. The number of carbonyl (C=O) groups is 15. The van der Waals surface area contributed by atoms with Gasteiger partial charge in [-0.2, -0.15) is 9.97 Å². The number of pyridine rings is 3. The lowest BCUT2D eigenvalue weighted by Crippen LogP contribution is -2.42. The van der Waals surface area contributed by atoms with Gasteiger partial charge in [0.1, 0.15) is 44.7 Å². The smallest absolute Gasteiger partial charge is 0.316 e. The van der Waals surface area contributed by atoms with Crippen molar-refractivity contribution in [1.82, 2.24) is 87.0 Å². The SMILES string of the molecule is COc1ccc2c(c1)C(=O)N(C[C@@]1(C#Cc3ccc(-c4noc(C)n4)cc3)CC(=O)NC1=O)C2.COc1ccc2c(c1)C(=O)N(C[C@@]1(C#Cc3cncc(-c4noc(C(N)=O)n4)c3)CC(=O)NC1=O)C2.COc1ccc2c(c1)C(=O)N(C[C@@]1(C#Cc3cncc(C(=O)NN)c3)CC(=O)NC1=O)C2.COc1ccc2c(c1)C(=O)N(C[C@]1(C#Cc3cncc(C(=O)NN)c3)CC(=O)NC1=O)C2. The molecule has 0 saturated carbocycles. The first-order valence-corrected chi connectivity index (χ1v) is 40.6. The second kappa shape index (κ2) is 37.8. The zero-order valence-corrected chi connectivity index (χ0v) is 71.6. The molecule has 4 atom stereocenters. The highest BCUT2D eigenvalue weighted by molar-refractivity contribution is 6.12. The summed E-state index contributed by atoms with van der Waals surface area (Å²) in [7, 11) is 6.07. The molecule has 0 unspecified atom stereocenters. The number of fused-ring (bicyclic) bond motifs is 4. The van der Waals surface area contributed by atoms with E-state index in [1.807, 2.05) is 16.9 Å². The van der Waals surface area contributed by atoms with Crippen LogP contribution in [0, 0.1) is 75.9 Å². The fraction of sp³-hybridized carbons (Fsp3) is 0.226. The summed E-state index contributed by atoms with van der Waals surface area (Å²) in [5, 5.41) is 16.8. The zero-order chi connectivity index (χ0) is 95.1. The first kappa shape index (κ1) is 90.8. The van der Waals surface area contributed by atoms with Crippen molar-refractivity contribution in [2.24, 2.45) is 39.1 Å². The Hall–Kier alpha value is -18.0. The molecule has 0 spiro atoms. The van der Waals surface area contributed by atoms with Gasteiger partial charge in [0.25, 0.3) is 35.4 Å². The number of nitrogens with one attached hydrogen (secondary N) is 6. The molecule has 15 amide bonds. The lowest BCUT2D eigenvalue weighted by Gasteiger charge is -2.25. The Labute approximate surface area is 759 Å². The van der Waals surface area contributed by atoms with Crippen LogP contribution < -0.4 is 68.5 Å². The van der Waals surface area contributed by atoms with Crippen LogP contribution in [0.3, 0.4) is 0 Å². The van der Waals surface area contributed by atoms with E-state index in [0.717, 1.165) is 27.8 Å². The van der Waals surface area contributed by atoms with Gasteiger partial charge in [0.15, 0.2) is 0 Å². The van der Waals surface area contributed by atoms with Crippen molar-refractivity contribution in [3.63, 3.8) is 0 Å². The molecule has 41 nitrogen and oxygen atoms in total. The second-order valence-electron chi connectivity index (χ2n) is 31.6. The highest BCUT2D eigenvalue weighted by Crippen LogP contribution is 2.40. The fourth-order valence-electron chi connectivity index (χ4n) is 15.7. The molecule has 0 bridgehead atoms. The molecule has 13 heterocycles. The molecule has 4 saturated heterocycles. The average Bonchev–Trinajstić information content (AvgIpc) is 1.63. The number of imide groups is 4. The monoisotopic (exact) mass is 1810 g/mol. The third-order valence-corrected chi connectivity index (χ3v) is 22.6. The number of benzene rings is 5. The molecule has 10 aromatic rings. The summed E-state index contributed by atoms with van der Waals surface area (Å²) in [5.74, 6) is 29.4. The summed E-state index contributed by atoms with van der Waals surface area (Å²) in [4.78, 5) is 212. The van der Waals surface area contributed by atoms with E-state index in [-0.39, 0.29) is 118 Å². The van der Waals surface area contributed by atoms with Crippen molar-refractivity contribution in [2.75, 3.05) is 54.6 Å². The third kappa shape index (κ3) is 19.1. The molecular formula is C93H76N20O21. The number of hydrazine groups is 2. The Morgan fingerprint density at radius 1 is 0.396 bits per heavy atom. The lowest BCUT2D eigenvalue weighted by atomic mass is 9.85. The quantitative estimate of drug-likeness (QED) is 0.0206. The van der Waals surface area contributed by atoms with Crippen LogP contribution in [0.4, 0.5) is 0 Å². The topological polar surface area (TPSA) is 573 Å². The number of primary amides is 1. The van der Waals surface area contributed by atoms with Gasteiger partial charge in [0.2, 0.25) is 64.8 Å². The van der Waals surface area contributed by atoms with Gasteiger partial charge < -0.3 is 53.3 Å². The van der Waals surface area contributed by atoms with Crippen molar-refractivity contribution in [2.45, 2.75) is 58.8 Å². The average molecular weight is 1810 g/mol. The summed E-state index contributed by atoms with van der Waals surface area (Å²) in [6.07, 6.45) is 7.72.